The van der Waals surface area contributed by atoms with E-state index in [1.54, 1.807) is 23.9 Å². The largest absolute Gasteiger partial charge is 0.351 e. The highest BCUT2D eigenvalue weighted by Crippen LogP contribution is 2.44. The maximum Gasteiger partial charge on any atom is 0.269 e. The molecule has 1 aliphatic rings. The Labute approximate surface area is 260 Å². The molecule has 0 bridgehead atoms. The highest BCUT2D eigenvalue weighted by molar-refractivity contribution is 7.99. The number of benzene rings is 3. The van der Waals surface area contributed by atoms with Crippen LogP contribution < -0.4 is 10.2 Å². The zero-order valence-electron chi connectivity index (χ0n) is 24.3. The van der Waals surface area contributed by atoms with E-state index in [1.165, 1.54) is 40.2 Å². The average molecular weight is 606 g/mol. The normalized spacial score (nSPS) is 16.4. The van der Waals surface area contributed by atoms with Crippen molar-refractivity contribution in [2.75, 3.05) is 4.90 Å². The Morgan fingerprint density at radius 2 is 1.60 bits per heavy atom. The topological polar surface area (TPSA) is 76.2 Å². The molecule has 3 aromatic carbocycles. The second-order valence-corrected chi connectivity index (χ2v) is 12.3. The molecular weight excluding hydrogens is 575 g/mol. The van der Waals surface area contributed by atoms with Crippen LogP contribution in [0.15, 0.2) is 107 Å². The zero-order chi connectivity index (χ0) is 30.2. The third-order valence-corrected chi connectivity index (χ3v) is 9.43. The number of nitro benzene ring substituents is 1. The highest BCUT2D eigenvalue weighted by atomic mass is 32.2. The van der Waals surface area contributed by atoms with Gasteiger partial charge < -0.3 is 14.8 Å². The molecule has 9 heteroatoms. The summed E-state index contributed by atoms with van der Waals surface area (Å²) in [5, 5.41) is 15.2. The first kappa shape index (κ1) is 28.6. The van der Waals surface area contributed by atoms with Crippen molar-refractivity contribution >= 4 is 40.5 Å². The molecule has 1 saturated heterocycles. The number of nitro groups is 1. The number of nitrogens with zero attached hydrogens (tertiary/aromatic N) is 4. The minimum atomic E-state index is -0.385. The third kappa shape index (κ3) is 5.42. The van der Waals surface area contributed by atoms with Crippen LogP contribution in [-0.2, 0) is 0 Å². The van der Waals surface area contributed by atoms with E-state index in [1.807, 2.05) is 24.4 Å². The average Bonchev–Trinajstić information content (AvgIpc) is 3.50. The van der Waals surface area contributed by atoms with Crippen molar-refractivity contribution < 1.29 is 4.92 Å². The van der Waals surface area contributed by atoms with Gasteiger partial charge in [0.1, 0.15) is 0 Å². The third-order valence-electron chi connectivity index (χ3n) is 8.10. The van der Waals surface area contributed by atoms with Gasteiger partial charge in [0, 0.05) is 50.9 Å². The van der Waals surface area contributed by atoms with E-state index in [-0.39, 0.29) is 22.7 Å². The maximum atomic E-state index is 11.0. The van der Waals surface area contributed by atoms with E-state index < -0.39 is 0 Å². The summed E-state index contributed by atoms with van der Waals surface area (Å²) in [5.41, 5.74) is 9.21. The van der Waals surface area contributed by atoms with Crippen LogP contribution in [0.3, 0.4) is 0 Å². The molecule has 0 aliphatic carbocycles. The van der Waals surface area contributed by atoms with Gasteiger partial charge in [0.15, 0.2) is 5.11 Å². The Kier molecular flexibility index (Phi) is 7.77. The predicted octanol–water partition coefficient (Wildman–Crippen LogP) is 8.34. The second kappa shape index (κ2) is 11.7. The van der Waals surface area contributed by atoms with Crippen LogP contribution >= 0.6 is 24.0 Å². The van der Waals surface area contributed by atoms with Crippen molar-refractivity contribution in [1.82, 2.24) is 14.9 Å². The second-order valence-electron chi connectivity index (χ2n) is 10.7. The summed E-state index contributed by atoms with van der Waals surface area (Å²) in [5.74, 6) is 0. The summed E-state index contributed by atoms with van der Waals surface area (Å²) >= 11 is 7.54. The lowest BCUT2D eigenvalue weighted by atomic mass is 9.96. The molecule has 2 atom stereocenters. The molecule has 43 heavy (non-hydrogen) atoms. The SMILES string of the molecule is Cc1cccc(-n2c(C)cc([C@@H]3[C@@H](c4ccccn4)NC(=S)N3c3ccc(Sc4ccc([N+](=O)[O-])cc4)cc3)c2C)c1C. The first-order chi connectivity index (χ1) is 20.7. The lowest BCUT2D eigenvalue weighted by Gasteiger charge is -2.28. The van der Waals surface area contributed by atoms with E-state index in [2.05, 4.69) is 91.0 Å². The Morgan fingerprint density at radius 1 is 0.907 bits per heavy atom. The summed E-state index contributed by atoms with van der Waals surface area (Å²) in [4.78, 5) is 19.5. The van der Waals surface area contributed by atoms with Crippen molar-refractivity contribution in [2.24, 2.45) is 0 Å². The quantitative estimate of drug-likeness (QED) is 0.114. The molecule has 0 spiro atoms. The lowest BCUT2D eigenvalue weighted by Crippen LogP contribution is -2.29. The molecule has 0 radical (unpaired) electrons. The summed E-state index contributed by atoms with van der Waals surface area (Å²) in [6, 6.07) is 29.3. The number of thiocarbonyl (C=S) groups is 1. The zero-order valence-corrected chi connectivity index (χ0v) is 25.9. The van der Waals surface area contributed by atoms with Crippen LogP contribution in [-0.4, -0.2) is 19.6 Å². The van der Waals surface area contributed by atoms with Gasteiger partial charge in [-0.2, -0.15) is 0 Å². The van der Waals surface area contributed by atoms with Crippen LogP contribution in [0.5, 0.6) is 0 Å². The van der Waals surface area contributed by atoms with E-state index in [0.29, 0.717) is 5.11 Å². The van der Waals surface area contributed by atoms with Gasteiger partial charge in [-0.25, -0.2) is 0 Å². The Hall–Kier alpha value is -4.47. The van der Waals surface area contributed by atoms with Gasteiger partial charge in [0.05, 0.1) is 22.7 Å². The number of hydrogen-bond acceptors (Lipinski definition) is 5. The molecule has 7 nitrogen and oxygen atoms in total. The van der Waals surface area contributed by atoms with E-state index in [9.17, 15) is 10.1 Å². The molecule has 0 unspecified atom stereocenters. The molecular formula is C34H31N5O2S2. The van der Waals surface area contributed by atoms with Gasteiger partial charge in [-0.3, -0.25) is 15.1 Å². The van der Waals surface area contributed by atoms with Gasteiger partial charge in [-0.1, -0.05) is 30.0 Å². The summed E-state index contributed by atoms with van der Waals surface area (Å²) in [6.07, 6.45) is 1.82. The maximum absolute atomic E-state index is 11.0. The Balaban J connectivity index is 1.39. The summed E-state index contributed by atoms with van der Waals surface area (Å²) < 4.78 is 2.34. The standard InChI is InChI=1S/C34H31N5O2S2/c1-21-8-7-10-31(23(21)3)37-22(2)20-29(24(37)4)33-32(30-9-5-6-19-35-30)36-34(42)38(33)25-11-15-27(16-12-25)43-28-17-13-26(14-18-28)39(40)41/h5-20,32-33H,1-4H3,(H,36,42)/t32-,33-/m1/s1. The molecule has 1 fully saturated rings. The van der Waals surface area contributed by atoms with Gasteiger partial charge in [0.25, 0.3) is 5.69 Å². The van der Waals surface area contributed by atoms with Crippen molar-refractivity contribution in [3.05, 3.63) is 141 Å². The summed E-state index contributed by atoms with van der Waals surface area (Å²) in [7, 11) is 0. The number of rotatable bonds is 7. The van der Waals surface area contributed by atoms with Gasteiger partial charge in [-0.05, 0) is 117 Å². The fraction of sp³-hybridized carbons (Fsp3) is 0.176. The number of nitrogens with one attached hydrogen (secondary N) is 1. The minimum absolute atomic E-state index is 0.0835. The van der Waals surface area contributed by atoms with Crippen LogP contribution in [0.1, 0.15) is 45.9 Å². The minimum Gasteiger partial charge on any atom is -0.351 e. The van der Waals surface area contributed by atoms with Crippen molar-refractivity contribution in [3.8, 4) is 5.69 Å². The molecule has 0 amide bonds. The molecule has 1 aliphatic heterocycles. The van der Waals surface area contributed by atoms with Crippen molar-refractivity contribution in [1.29, 1.82) is 0 Å². The highest BCUT2D eigenvalue weighted by Gasteiger charge is 2.42. The molecule has 1 N–H and O–H groups in total. The van der Waals surface area contributed by atoms with Crippen LogP contribution in [0.4, 0.5) is 11.4 Å². The van der Waals surface area contributed by atoms with Crippen LogP contribution in [0.25, 0.3) is 5.69 Å². The van der Waals surface area contributed by atoms with Gasteiger partial charge >= 0.3 is 0 Å². The van der Waals surface area contributed by atoms with Gasteiger partial charge in [-0.15, -0.1) is 0 Å². The molecule has 2 aromatic heterocycles. The number of aromatic nitrogens is 2. The Bertz CT molecular complexity index is 1820. The number of anilines is 1. The monoisotopic (exact) mass is 605 g/mol. The van der Waals surface area contributed by atoms with Crippen LogP contribution in [0.2, 0.25) is 0 Å². The van der Waals surface area contributed by atoms with Gasteiger partial charge in [0.2, 0.25) is 0 Å². The van der Waals surface area contributed by atoms with E-state index in [4.69, 9.17) is 17.2 Å². The number of hydrogen-bond donors (Lipinski definition) is 1. The fourth-order valence-electron chi connectivity index (χ4n) is 5.83. The van der Waals surface area contributed by atoms with E-state index >= 15 is 0 Å². The predicted molar refractivity (Wildman–Crippen MR) is 176 cm³/mol. The first-order valence-corrected chi connectivity index (χ1v) is 15.2. The number of non-ortho nitro benzene ring substituents is 1. The molecule has 0 saturated carbocycles. The van der Waals surface area contributed by atoms with Crippen LogP contribution in [0, 0.1) is 37.8 Å². The molecule has 6 rings (SSSR count). The number of pyridine rings is 1. The van der Waals surface area contributed by atoms with Crippen molar-refractivity contribution in [3.63, 3.8) is 0 Å². The summed E-state index contributed by atoms with van der Waals surface area (Å²) in [6.45, 7) is 8.66. The molecule has 216 valence electrons. The van der Waals surface area contributed by atoms with E-state index in [0.717, 1.165) is 26.9 Å². The molecule has 5 aromatic rings. The fourth-order valence-corrected chi connectivity index (χ4v) is 6.99. The first-order valence-electron chi connectivity index (χ1n) is 14.0. The smallest absolute Gasteiger partial charge is 0.269 e. The van der Waals surface area contributed by atoms with Crippen molar-refractivity contribution in [2.45, 2.75) is 49.6 Å². The number of aryl methyl sites for hydroxylation is 2. The molecule has 3 heterocycles. The lowest BCUT2D eigenvalue weighted by molar-refractivity contribution is -0.384. The Morgan fingerprint density at radius 3 is 2.26 bits per heavy atom.